The molecule has 2 rings (SSSR count). The van der Waals surface area contributed by atoms with Crippen LogP contribution in [0, 0.1) is 12.7 Å². The van der Waals surface area contributed by atoms with Crippen LogP contribution >= 0.6 is 12.4 Å². The van der Waals surface area contributed by atoms with E-state index in [0.29, 0.717) is 13.1 Å². The van der Waals surface area contributed by atoms with Crippen molar-refractivity contribution in [3.63, 3.8) is 0 Å². The number of nitrogens with one attached hydrogen (secondary N) is 1. The molecule has 21 heavy (non-hydrogen) atoms. The molecule has 1 fully saturated rings. The lowest BCUT2D eigenvalue weighted by atomic mass is 9.99. The molecule has 1 heterocycles. The lowest BCUT2D eigenvalue weighted by molar-refractivity contribution is -0.188. The largest absolute Gasteiger partial charge is 0.507 e. The van der Waals surface area contributed by atoms with Crippen molar-refractivity contribution in [2.75, 3.05) is 26.2 Å². The van der Waals surface area contributed by atoms with Gasteiger partial charge in [-0.2, -0.15) is 13.2 Å². The highest BCUT2D eigenvalue weighted by molar-refractivity contribution is 5.85. The number of phenolic OH excluding ortho intramolecular Hbond substituents is 1. The van der Waals surface area contributed by atoms with Crippen LogP contribution in [0.5, 0.6) is 5.75 Å². The molecule has 8 heteroatoms. The Balaban J connectivity index is 0.00000220. The smallest absolute Gasteiger partial charge is 0.408 e. The van der Waals surface area contributed by atoms with Crippen LogP contribution in [0.4, 0.5) is 17.6 Å². The molecule has 1 atom stereocenters. The Kier molecular flexibility index (Phi) is 5.83. The number of hydrogen-bond acceptors (Lipinski definition) is 3. The highest BCUT2D eigenvalue weighted by atomic mass is 35.5. The van der Waals surface area contributed by atoms with Crippen LogP contribution in [0.1, 0.15) is 17.2 Å². The van der Waals surface area contributed by atoms with Crippen LogP contribution in [-0.4, -0.2) is 42.4 Å². The minimum absolute atomic E-state index is 0. The van der Waals surface area contributed by atoms with Crippen LogP contribution in [-0.2, 0) is 0 Å². The van der Waals surface area contributed by atoms with Gasteiger partial charge in [-0.05, 0) is 24.6 Å². The molecule has 0 saturated carbocycles. The Hall–Kier alpha value is -1.05. The Labute approximate surface area is 126 Å². The molecule has 0 unspecified atom stereocenters. The first-order valence-corrected chi connectivity index (χ1v) is 6.31. The van der Waals surface area contributed by atoms with Crippen molar-refractivity contribution in [2.45, 2.75) is 19.1 Å². The molecule has 1 aliphatic rings. The van der Waals surface area contributed by atoms with Crippen molar-refractivity contribution in [3.05, 3.63) is 29.1 Å². The van der Waals surface area contributed by atoms with Crippen molar-refractivity contribution in [1.82, 2.24) is 10.2 Å². The van der Waals surface area contributed by atoms with E-state index >= 15 is 0 Å². The van der Waals surface area contributed by atoms with E-state index in [9.17, 15) is 22.7 Å². The second kappa shape index (κ2) is 6.81. The van der Waals surface area contributed by atoms with Crippen molar-refractivity contribution in [2.24, 2.45) is 0 Å². The number of nitrogens with zero attached hydrogens (tertiary/aromatic N) is 1. The summed E-state index contributed by atoms with van der Waals surface area (Å²) in [7, 11) is 0. The number of benzene rings is 1. The van der Waals surface area contributed by atoms with E-state index in [1.807, 2.05) is 0 Å². The number of hydrogen-bond donors (Lipinski definition) is 2. The Bertz CT molecular complexity index is 490. The normalized spacial score (nSPS) is 18.1. The molecule has 2 N–H and O–H groups in total. The van der Waals surface area contributed by atoms with Gasteiger partial charge in [0.25, 0.3) is 0 Å². The van der Waals surface area contributed by atoms with Crippen molar-refractivity contribution < 1.29 is 22.7 Å². The van der Waals surface area contributed by atoms with Crippen molar-refractivity contribution in [1.29, 1.82) is 0 Å². The Morgan fingerprint density at radius 3 is 2.33 bits per heavy atom. The minimum atomic E-state index is -4.57. The van der Waals surface area contributed by atoms with E-state index in [0.717, 1.165) is 12.1 Å². The lowest BCUT2D eigenvalue weighted by Gasteiger charge is -2.36. The van der Waals surface area contributed by atoms with Gasteiger partial charge in [-0.15, -0.1) is 12.4 Å². The van der Waals surface area contributed by atoms with E-state index in [1.54, 1.807) is 0 Å². The quantitative estimate of drug-likeness (QED) is 0.820. The van der Waals surface area contributed by atoms with Gasteiger partial charge in [-0.1, -0.05) is 0 Å². The topological polar surface area (TPSA) is 35.5 Å². The van der Waals surface area contributed by atoms with Crippen LogP contribution in [0.3, 0.4) is 0 Å². The summed E-state index contributed by atoms with van der Waals surface area (Å²) in [6, 6.07) is -0.203. The summed E-state index contributed by atoms with van der Waals surface area (Å²) in [4.78, 5) is 1.21. The third kappa shape index (κ3) is 3.99. The zero-order valence-corrected chi connectivity index (χ0v) is 12.2. The number of phenols is 1. The van der Waals surface area contributed by atoms with Crippen LogP contribution in [0.25, 0.3) is 0 Å². The fourth-order valence-electron chi connectivity index (χ4n) is 2.49. The van der Waals surface area contributed by atoms with Gasteiger partial charge in [0.05, 0.1) is 0 Å². The number of halogens is 5. The molecule has 0 amide bonds. The van der Waals surface area contributed by atoms with Crippen molar-refractivity contribution >= 4 is 12.4 Å². The molecule has 1 aromatic rings. The van der Waals surface area contributed by atoms with Gasteiger partial charge >= 0.3 is 6.18 Å². The molecule has 1 saturated heterocycles. The van der Waals surface area contributed by atoms with Gasteiger partial charge < -0.3 is 10.4 Å². The van der Waals surface area contributed by atoms with E-state index in [1.165, 1.54) is 11.8 Å². The molecule has 0 aliphatic carbocycles. The van der Waals surface area contributed by atoms with Crippen LogP contribution < -0.4 is 5.32 Å². The standard InChI is InChI=1S/C13H16F4N2O.ClH/c1-8-6-9(14)7-10(11(8)20)12(13(15,16)17)19-4-2-18-3-5-19;/h6-7,12,18,20H,2-5H2,1H3;1H/t12-;/m0./s1. The predicted molar refractivity (Wildman–Crippen MR) is 73.3 cm³/mol. The highest BCUT2D eigenvalue weighted by Gasteiger charge is 2.46. The average Bonchev–Trinajstić information content (AvgIpc) is 2.35. The maximum Gasteiger partial charge on any atom is 0.408 e. The molecule has 0 aromatic heterocycles. The molecular weight excluding hydrogens is 312 g/mol. The van der Waals surface area contributed by atoms with Gasteiger partial charge in [0.15, 0.2) is 0 Å². The van der Waals surface area contributed by atoms with Gasteiger partial charge in [-0.3, -0.25) is 4.90 Å². The molecule has 1 aliphatic heterocycles. The minimum Gasteiger partial charge on any atom is -0.507 e. The summed E-state index contributed by atoms with van der Waals surface area (Å²) in [6.07, 6.45) is -4.57. The average molecular weight is 329 g/mol. The molecule has 3 nitrogen and oxygen atoms in total. The van der Waals surface area contributed by atoms with E-state index in [4.69, 9.17) is 0 Å². The summed E-state index contributed by atoms with van der Waals surface area (Å²) in [5, 5.41) is 12.8. The number of aromatic hydroxyl groups is 1. The lowest BCUT2D eigenvalue weighted by Crippen LogP contribution is -2.49. The number of piperazine rings is 1. The van der Waals surface area contributed by atoms with E-state index in [-0.39, 0.29) is 31.1 Å². The molecule has 120 valence electrons. The molecular formula is C13H17ClF4N2O. The fourth-order valence-corrected chi connectivity index (χ4v) is 2.49. The zero-order valence-electron chi connectivity index (χ0n) is 11.4. The second-order valence-corrected chi connectivity index (χ2v) is 4.89. The second-order valence-electron chi connectivity index (χ2n) is 4.89. The summed E-state index contributed by atoms with van der Waals surface area (Å²) in [5.74, 6) is -1.27. The van der Waals surface area contributed by atoms with Gasteiger partial charge in [0.1, 0.15) is 17.6 Å². The zero-order chi connectivity index (χ0) is 14.9. The van der Waals surface area contributed by atoms with Crippen LogP contribution in [0.2, 0.25) is 0 Å². The first-order valence-electron chi connectivity index (χ1n) is 6.31. The Morgan fingerprint density at radius 2 is 1.81 bits per heavy atom. The maximum atomic E-state index is 13.4. The fraction of sp³-hybridized carbons (Fsp3) is 0.538. The summed E-state index contributed by atoms with van der Waals surface area (Å²) >= 11 is 0. The first-order chi connectivity index (χ1) is 9.30. The monoisotopic (exact) mass is 328 g/mol. The third-order valence-corrected chi connectivity index (χ3v) is 3.42. The van der Waals surface area contributed by atoms with E-state index in [2.05, 4.69) is 5.32 Å². The van der Waals surface area contributed by atoms with E-state index < -0.39 is 29.3 Å². The summed E-state index contributed by atoms with van der Waals surface area (Å²) in [5.41, 5.74) is -0.318. The molecule has 0 bridgehead atoms. The number of alkyl halides is 3. The number of aryl methyl sites for hydroxylation is 1. The number of rotatable bonds is 2. The Morgan fingerprint density at radius 1 is 1.24 bits per heavy atom. The third-order valence-electron chi connectivity index (χ3n) is 3.42. The predicted octanol–water partition coefficient (Wildman–Crippen LogP) is 2.77. The van der Waals surface area contributed by atoms with Gasteiger partial charge in [0.2, 0.25) is 0 Å². The van der Waals surface area contributed by atoms with Crippen molar-refractivity contribution in [3.8, 4) is 5.75 Å². The van der Waals surface area contributed by atoms with Gasteiger partial charge in [-0.25, -0.2) is 4.39 Å². The highest BCUT2D eigenvalue weighted by Crippen LogP contribution is 2.42. The molecule has 0 spiro atoms. The van der Waals surface area contributed by atoms with Gasteiger partial charge in [0, 0.05) is 31.7 Å². The summed E-state index contributed by atoms with van der Waals surface area (Å²) < 4.78 is 53.4. The van der Waals surface area contributed by atoms with Crippen LogP contribution in [0.15, 0.2) is 12.1 Å². The first kappa shape index (κ1) is 18.0. The SMILES string of the molecule is Cc1cc(F)cc([C@H](N2CCNCC2)C(F)(F)F)c1O.Cl. The molecule has 1 aromatic carbocycles. The molecule has 0 radical (unpaired) electrons. The summed E-state index contributed by atoms with van der Waals surface area (Å²) in [6.45, 7) is 2.63. The maximum absolute atomic E-state index is 13.4.